The quantitative estimate of drug-likeness (QED) is 0.117. The Morgan fingerprint density at radius 3 is 1.28 bits per heavy atom. The van der Waals surface area contributed by atoms with Crippen molar-refractivity contribution in [2.75, 3.05) is 6.61 Å². The predicted molar refractivity (Wildman–Crippen MR) is 297 cm³/mol. The molecule has 6 aliphatic rings. The highest BCUT2D eigenvalue weighted by Gasteiger charge is 2.63. The predicted octanol–water partition coefficient (Wildman–Crippen LogP) is 18.1. The first-order valence-corrected chi connectivity index (χ1v) is 28.2. The number of hydrogen-bond acceptors (Lipinski definition) is 5. The van der Waals surface area contributed by atoms with E-state index >= 15 is 0 Å². The summed E-state index contributed by atoms with van der Waals surface area (Å²) < 4.78 is 11.8. The minimum absolute atomic E-state index is 0.0350. The molecule has 4 aliphatic carbocycles. The van der Waals surface area contributed by atoms with Gasteiger partial charge in [-0.25, -0.2) is 0 Å². The standard InChI is InChI=1S/3C16H26O2.C16H28O/c1-14(2)7-5-8-15(3)11(14)6-9-16(4)12(15)10-13(17)18-16;2*1-13(2)7-5-8-14(3)9-6-10-15(4)11-12-16(17)18;1-14(2)8-5-9-15(3)12(14)6-10-16(4)13(15)7-11-17-16/h11-12H,5-10H2,1-4H3;2*7,9,11H,5-6,8,10,12H2,1-4H3,(H,17,18);12-13H,5-11H2,1-4H3/b;2*14-9+,15-11+;/t11?,12-,15+,16-;;;12?,13-,15+,16-/m1..1/s1. The van der Waals surface area contributed by atoms with Crippen LogP contribution in [-0.4, -0.2) is 45.9 Å². The maximum Gasteiger partial charge on any atom is 0.307 e. The van der Waals surface area contributed by atoms with E-state index in [1.54, 1.807) is 12.2 Å². The van der Waals surface area contributed by atoms with Crippen molar-refractivity contribution in [3.8, 4) is 0 Å². The van der Waals surface area contributed by atoms with Crippen molar-refractivity contribution in [3.05, 3.63) is 69.9 Å². The van der Waals surface area contributed by atoms with Crippen LogP contribution in [0.4, 0.5) is 0 Å². The molecule has 404 valence electrons. The van der Waals surface area contributed by atoms with E-state index in [0.29, 0.717) is 34.0 Å². The number of aliphatic carboxylic acids is 2. The van der Waals surface area contributed by atoms with Crippen LogP contribution in [0.25, 0.3) is 0 Å². The van der Waals surface area contributed by atoms with Crippen molar-refractivity contribution in [2.45, 2.75) is 263 Å². The highest BCUT2D eigenvalue weighted by atomic mass is 16.6. The molecule has 0 aromatic rings. The summed E-state index contributed by atoms with van der Waals surface area (Å²) in [6.07, 6.45) is 36.4. The highest BCUT2D eigenvalue weighted by molar-refractivity contribution is 5.73. The van der Waals surface area contributed by atoms with Crippen molar-refractivity contribution < 1.29 is 34.1 Å². The number of hydrogen-bond donors (Lipinski definition) is 2. The van der Waals surface area contributed by atoms with Gasteiger partial charge in [-0.15, -0.1) is 0 Å². The fourth-order valence-electron chi connectivity index (χ4n) is 14.7. The number of carbonyl (C=O) groups is 3. The largest absolute Gasteiger partial charge is 0.481 e. The first-order valence-electron chi connectivity index (χ1n) is 28.2. The van der Waals surface area contributed by atoms with E-state index in [-0.39, 0.29) is 30.0 Å². The number of fused-ring (bicyclic) bond motifs is 6. The van der Waals surface area contributed by atoms with Crippen LogP contribution in [0.2, 0.25) is 0 Å². The van der Waals surface area contributed by atoms with Crippen LogP contribution in [0.3, 0.4) is 0 Å². The molecule has 0 amide bonds. The fourth-order valence-corrected chi connectivity index (χ4v) is 14.7. The Morgan fingerprint density at radius 1 is 0.493 bits per heavy atom. The number of carbonyl (C=O) groups excluding carboxylic acids is 1. The third-order valence-electron chi connectivity index (χ3n) is 18.5. The van der Waals surface area contributed by atoms with E-state index in [1.165, 1.54) is 86.5 Å². The smallest absolute Gasteiger partial charge is 0.307 e. The van der Waals surface area contributed by atoms with Gasteiger partial charge in [0.15, 0.2) is 0 Å². The van der Waals surface area contributed by atoms with Crippen molar-refractivity contribution in [3.63, 3.8) is 0 Å². The zero-order chi connectivity index (χ0) is 53.4. The molecule has 0 aromatic carbocycles. The highest BCUT2D eigenvalue weighted by Crippen LogP contribution is 2.66. The van der Waals surface area contributed by atoms with E-state index < -0.39 is 11.9 Å². The fraction of sp³-hybridized carbons (Fsp3) is 0.766. The number of allylic oxidation sites excluding steroid dienone is 10. The van der Waals surface area contributed by atoms with Gasteiger partial charge in [0.2, 0.25) is 0 Å². The van der Waals surface area contributed by atoms with Crippen LogP contribution >= 0.6 is 0 Å². The molecule has 8 atom stereocenters. The van der Waals surface area contributed by atoms with Gasteiger partial charge in [-0.3, -0.25) is 14.4 Å². The van der Waals surface area contributed by atoms with Gasteiger partial charge < -0.3 is 19.7 Å². The molecule has 71 heavy (non-hydrogen) atoms. The van der Waals surface area contributed by atoms with Crippen LogP contribution in [0.5, 0.6) is 0 Å². The summed E-state index contributed by atoms with van der Waals surface area (Å²) in [5.74, 6) is 1.44. The van der Waals surface area contributed by atoms with Crippen molar-refractivity contribution in [1.29, 1.82) is 0 Å². The number of esters is 1. The average molecular weight is 988 g/mol. The minimum atomic E-state index is -0.761. The van der Waals surface area contributed by atoms with E-state index in [1.807, 2.05) is 13.8 Å². The van der Waals surface area contributed by atoms with E-state index in [2.05, 4.69) is 121 Å². The monoisotopic (exact) mass is 987 g/mol. The lowest BCUT2D eigenvalue weighted by Gasteiger charge is -2.60. The number of rotatable bonds is 16. The lowest BCUT2D eigenvalue weighted by molar-refractivity contribution is -0.164. The van der Waals surface area contributed by atoms with Crippen LogP contribution in [-0.2, 0) is 23.9 Å². The Balaban J connectivity index is 0.000000250. The van der Waals surface area contributed by atoms with Gasteiger partial charge in [-0.2, -0.15) is 0 Å². The van der Waals surface area contributed by atoms with E-state index in [9.17, 15) is 14.4 Å². The zero-order valence-corrected chi connectivity index (χ0v) is 48.5. The summed E-state index contributed by atoms with van der Waals surface area (Å²) >= 11 is 0. The van der Waals surface area contributed by atoms with Crippen LogP contribution in [0, 0.1) is 45.3 Å². The van der Waals surface area contributed by atoms with Gasteiger partial charge in [-0.05, 0) is 218 Å². The molecule has 7 heteroatoms. The molecule has 0 bridgehead atoms. The molecule has 2 N–H and O–H groups in total. The van der Waals surface area contributed by atoms with Crippen LogP contribution in [0.1, 0.15) is 252 Å². The molecule has 7 nitrogen and oxygen atoms in total. The molecule has 6 rings (SSSR count). The molecular formula is C64H106O7. The number of carboxylic acids is 2. The van der Waals surface area contributed by atoms with Gasteiger partial charge in [0.25, 0.3) is 0 Å². The number of carboxylic acid groups (broad SMARTS) is 2. The normalized spacial score (nSPS) is 31.7. The Morgan fingerprint density at radius 2 is 0.873 bits per heavy atom. The summed E-state index contributed by atoms with van der Waals surface area (Å²) in [4.78, 5) is 32.6. The number of ether oxygens (including phenoxy) is 2. The van der Waals surface area contributed by atoms with Gasteiger partial charge in [-0.1, -0.05) is 124 Å². The average Bonchev–Trinajstić information content (AvgIpc) is 3.81. The summed E-state index contributed by atoms with van der Waals surface area (Å²) in [7, 11) is 0. The molecular weight excluding hydrogens is 881 g/mol. The second kappa shape index (κ2) is 27.4. The molecule has 6 fully saturated rings. The molecule has 0 aromatic heterocycles. The summed E-state index contributed by atoms with van der Waals surface area (Å²) in [5, 5.41) is 17.1. The topological polar surface area (TPSA) is 110 Å². The lowest BCUT2D eigenvalue weighted by atomic mass is 9.45. The maximum absolute atomic E-state index is 11.8. The summed E-state index contributed by atoms with van der Waals surface area (Å²) in [6, 6.07) is 0. The maximum atomic E-state index is 11.8. The first-order chi connectivity index (χ1) is 33.0. The third kappa shape index (κ3) is 18.6. The second-order valence-electron chi connectivity index (χ2n) is 26.0. The van der Waals surface area contributed by atoms with Gasteiger partial charge in [0.1, 0.15) is 5.60 Å². The Labute approximate surface area is 435 Å². The molecule has 2 unspecified atom stereocenters. The van der Waals surface area contributed by atoms with Gasteiger partial charge in [0, 0.05) is 12.5 Å². The van der Waals surface area contributed by atoms with E-state index in [4.69, 9.17) is 19.7 Å². The molecule has 0 spiro atoms. The summed E-state index contributed by atoms with van der Waals surface area (Å²) in [6.45, 7) is 37.2. The summed E-state index contributed by atoms with van der Waals surface area (Å²) in [5.41, 5.74) is 9.76. The molecule has 2 heterocycles. The van der Waals surface area contributed by atoms with Crippen molar-refractivity contribution >= 4 is 17.9 Å². The molecule has 4 saturated carbocycles. The first kappa shape index (κ1) is 62.1. The zero-order valence-electron chi connectivity index (χ0n) is 48.5. The third-order valence-corrected chi connectivity index (χ3v) is 18.5. The van der Waals surface area contributed by atoms with Gasteiger partial charge >= 0.3 is 17.9 Å². The molecule has 0 radical (unpaired) electrons. The Hall–Kier alpha value is -3.19. The SMILES string of the molecule is CC(C)=CCC/C(C)=C/CC/C(C)=C/CC(=O)O.CC(C)=CCC/C(C)=C/CC/C(C)=C/CC(=O)O.CC1(C)CCC[C@@]2(C)C1CC[C@@]1(C)OC(=O)C[C@@H]12.CC1(C)CCC[C@@]2(C)C1CC[C@@]1(C)OCC[C@@H]12. The Bertz CT molecular complexity index is 1870. The van der Waals surface area contributed by atoms with Crippen LogP contribution in [0.15, 0.2) is 69.9 Å². The molecule has 2 aliphatic heterocycles. The molecule has 2 saturated heterocycles. The lowest BCUT2D eigenvalue weighted by Crippen LogP contribution is -2.55. The Kier molecular flexibility index (Phi) is 23.9. The second-order valence-corrected chi connectivity index (χ2v) is 26.0. The van der Waals surface area contributed by atoms with E-state index in [0.717, 1.165) is 93.3 Å². The van der Waals surface area contributed by atoms with Gasteiger partial charge in [0.05, 0.1) is 24.9 Å². The van der Waals surface area contributed by atoms with Crippen molar-refractivity contribution in [2.24, 2.45) is 45.3 Å². The van der Waals surface area contributed by atoms with Crippen molar-refractivity contribution in [1.82, 2.24) is 0 Å². The van der Waals surface area contributed by atoms with Crippen LogP contribution < -0.4 is 0 Å². The minimum Gasteiger partial charge on any atom is -0.481 e.